The fourth-order valence-electron chi connectivity index (χ4n) is 4.56. The minimum absolute atomic E-state index is 0.0383. The molecule has 0 spiro atoms. The Kier molecular flexibility index (Phi) is 5.40. The molecule has 0 radical (unpaired) electrons. The number of anilines is 2. The molecule has 2 fully saturated rings. The molecule has 194 valence electrons. The van der Waals surface area contributed by atoms with Crippen LogP contribution in [0.15, 0.2) is 24.7 Å². The van der Waals surface area contributed by atoms with Crippen molar-refractivity contribution in [2.75, 3.05) is 11.9 Å². The van der Waals surface area contributed by atoms with Crippen LogP contribution >= 0.6 is 0 Å². The molecule has 1 amide bonds. The molecule has 3 atom stereocenters. The van der Waals surface area contributed by atoms with Crippen LogP contribution in [0.2, 0.25) is 0 Å². The number of alkyl carbamates (subject to hydrolysis) is 1. The van der Waals surface area contributed by atoms with Gasteiger partial charge in [0.15, 0.2) is 18.1 Å². The Labute approximate surface area is 211 Å². The van der Waals surface area contributed by atoms with Gasteiger partial charge in [-0.05, 0) is 33.6 Å². The summed E-state index contributed by atoms with van der Waals surface area (Å²) in [5.74, 6) is 0.936. The van der Waals surface area contributed by atoms with E-state index in [0.717, 1.165) is 41.0 Å². The molecule has 1 aliphatic heterocycles. The van der Waals surface area contributed by atoms with Crippen molar-refractivity contribution in [2.24, 2.45) is 7.05 Å². The number of ether oxygens (including phenoxy) is 2. The van der Waals surface area contributed by atoms with Gasteiger partial charge < -0.3 is 20.1 Å². The highest BCUT2D eigenvalue weighted by Crippen LogP contribution is 2.36. The van der Waals surface area contributed by atoms with Crippen LogP contribution in [-0.4, -0.2) is 64.9 Å². The summed E-state index contributed by atoms with van der Waals surface area (Å²) < 4.78 is 29.6. The lowest BCUT2D eigenvalue weighted by Gasteiger charge is -2.17. The molecule has 13 heteroatoms. The number of carbonyl (C=O) groups excluding carboxylic acids is 1. The second-order valence-corrected chi connectivity index (χ2v) is 9.95. The average molecular weight is 510 g/mol. The third-order valence-electron chi connectivity index (χ3n) is 7.12. The molecule has 4 aromatic rings. The normalized spacial score (nSPS) is 22.4. The maximum atomic E-state index is 15.1. The molecule has 1 aliphatic carbocycles. The summed E-state index contributed by atoms with van der Waals surface area (Å²) in [4.78, 5) is 21.4. The van der Waals surface area contributed by atoms with Gasteiger partial charge in [0, 0.05) is 47.9 Å². The van der Waals surface area contributed by atoms with E-state index in [9.17, 15) is 4.79 Å². The molecule has 4 aromatic heterocycles. The highest BCUT2D eigenvalue weighted by molar-refractivity contribution is 5.82. The van der Waals surface area contributed by atoms with Crippen molar-refractivity contribution in [1.82, 2.24) is 39.7 Å². The first kappa shape index (κ1) is 23.4. The standard InChI is InChI=1S/C24H28FN9O3/c1-12-18(14-10-27-33(4)13(14)2)21-26-7-8-34(21)22(28-12)29-17-9-15(31-32-17)20-19(25)16(11-36-20)37-23(35)30-24(3)5-6-24/h7-10,16,19-20H,5-6,11H2,1-4H3,(H,30,35)(H2,28,29,31,32)/t16-,19+,20-/m1/s1. The number of hydrogen-bond acceptors (Lipinski definition) is 8. The van der Waals surface area contributed by atoms with Crippen LogP contribution in [0, 0.1) is 13.8 Å². The lowest BCUT2D eigenvalue weighted by atomic mass is 10.1. The van der Waals surface area contributed by atoms with E-state index in [4.69, 9.17) is 14.5 Å². The summed E-state index contributed by atoms with van der Waals surface area (Å²) in [6, 6.07) is 1.66. The molecule has 0 unspecified atom stereocenters. The highest BCUT2D eigenvalue weighted by Gasteiger charge is 2.44. The Morgan fingerprint density at radius 3 is 2.89 bits per heavy atom. The zero-order valence-corrected chi connectivity index (χ0v) is 20.9. The molecule has 1 saturated carbocycles. The Morgan fingerprint density at radius 2 is 2.16 bits per heavy atom. The summed E-state index contributed by atoms with van der Waals surface area (Å²) >= 11 is 0. The van der Waals surface area contributed by atoms with Gasteiger partial charge in [-0.3, -0.25) is 14.2 Å². The van der Waals surface area contributed by atoms with E-state index in [1.807, 2.05) is 43.1 Å². The minimum Gasteiger partial charge on any atom is -0.441 e. The number of imidazole rings is 1. The lowest BCUT2D eigenvalue weighted by Crippen LogP contribution is -2.39. The van der Waals surface area contributed by atoms with E-state index in [1.165, 1.54) is 0 Å². The van der Waals surface area contributed by atoms with E-state index >= 15 is 4.39 Å². The third-order valence-corrected chi connectivity index (χ3v) is 7.12. The fraction of sp³-hybridized carbons (Fsp3) is 0.458. The number of aryl methyl sites for hydroxylation is 2. The number of nitrogens with zero attached hydrogens (tertiary/aromatic N) is 6. The van der Waals surface area contributed by atoms with E-state index in [2.05, 4.69) is 30.9 Å². The second-order valence-electron chi connectivity index (χ2n) is 9.95. The number of aromatic amines is 1. The van der Waals surface area contributed by atoms with E-state index < -0.39 is 24.5 Å². The van der Waals surface area contributed by atoms with Crippen LogP contribution in [0.3, 0.4) is 0 Å². The zero-order chi connectivity index (χ0) is 25.9. The van der Waals surface area contributed by atoms with Crippen molar-refractivity contribution in [1.29, 1.82) is 0 Å². The van der Waals surface area contributed by atoms with Gasteiger partial charge in [-0.25, -0.2) is 19.2 Å². The molecule has 0 bridgehead atoms. The first-order chi connectivity index (χ1) is 17.7. The van der Waals surface area contributed by atoms with Crippen LogP contribution in [0.5, 0.6) is 0 Å². The summed E-state index contributed by atoms with van der Waals surface area (Å²) in [6.07, 6.45) is 3.01. The van der Waals surface area contributed by atoms with Crippen molar-refractivity contribution in [3.63, 3.8) is 0 Å². The quantitative estimate of drug-likeness (QED) is 0.360. The maximum Gasteiger partial charge on any atom is 0.408 e. The highest BCUT2D eigenvalue weighted by atomic mass is 19.1. The number of alkyl halides is 1. The summed E-state index contributed by atoms with van der Waals surface area (Å²) in [7, 11) is 1.89. The van der Waals surface area contributed by atoms with Gasteiger partial charge in [-0.15, -0.1) is 0 Å². The lowest BCUT2D eigenvalue weighted by molar-refractivity contribution is 0.0604. The molecular formula is C24H28FN9O3. The number of aromatic nitrogens is 7. The van der Waals surface area contributed by atoms with Gasteiger partial charge in [0.2, 0.25) is 5.95 Å². The molecule has 12 nitrogen and oxygen atoms in total. The molecule has 3 N–H and O–H groups in total. The van der Waals surface area contributed by atoms with Gasteiger partial charge in [-0.2, -0.15) is 10.2 Å². The topological polar surface area (TPSA) is 136 Å². The number of halogens is 1. The van der Waals surface area contributed by atoms with E-state index in [-0.39, 0.29) is 12.1 Å². The van der Waals surface area contributed by atoms with Crippen LogP contribution in [0.1, 0.15) is 43.0 Å². The minimum atomic E-state index is -1.53. The summed E-state index contributed by atoms with van der Waals surface area (Å²) in [5, 5.41) is 17.4. The molecule has 2 aliphatic rings. The largest absolute Gasteiger partial charge is 0.441 e. The van der Waals surface area contributed by atoms with Crippen molar-refractivity contribution >= 4 is 23.5 Å². The Hall–Kier alpha value is -4.00. The third kappa shape index (κ3) is 4.18. The average Bonchev–Trinajstić information content (AvgIpc) is 3.31. The number of H-pyrrole nitrogens is 1. The maximum absolute atomic E-state index is 15.1. The van der Waals surface area contributed by atoms with Gasteiger partial charge in [0.25, 0.3) is 0 Å². The van der Waals surface area contributed by atoms with Crippen molar-refractivity contribution in [3.05, 3.63) is 41.7 Å². The number of rotatable bonds is 6. The number of amides is 1. The predicted octanol–water partition coefficient (Wildman–Crippen LogP) is 3.27. The fourth-order valence-corrected chi connectivity index (χ4v) is 4.56. The van der Waals surface area contributed by atoms with Gasteiger partial charge in [-0.1, -0.05) is 0 Å². The molecule has 6 rings (SSSR count). The molecule has 37 heavy (non-hydrogen) atoms. The van der Waals surface area contributed by atoms with Crippen molar-refractivity contribution in [2.45, 2.75) is 57.5 Å². The summed E-state index contributed by atoms with van der Waals surface area (Å²) in [6.45, 7) is 5.80. The molecule has 5 heterocycles. The number of hydrogen-bond donors (Lipinski definition) is 3. The van der Waals surface area contributed by atoms with Gasteiger partial charge in [0.05, 0.1) is 24.2 Å². The monoisotopic (exact) mass is 509 g/mol. The Morgan fingerprint density at radius 1 is 1.35 bits per heavy atom. The Bertz CT molecular complexity index is 1490. The SMILES string of the molecule is Cc1nc(Nc2cc([C@H]3OC[C@@H](OC(=O)NC4(C)CC4)[C@@H]3F)[nH]n2)n2ccnc2c1-c1cnn(C)c1C. The first-order valence-electron chi connectivity index (χ1n) is 12.1. The molecular weight excluding hydrogens is 481 g/mol. The van der Waals surface area contributed by atoms with Crippen LogP contribution in [0.4, 0.5) is 21.0 Å². The first-order valence-corrected chi connectivity index (χ1v) is 12.1. The number of carbonyl (C=O) groups is 1. The van der Waals surface area contributed by atoms with Crippen LogP contribution in [0.25, 0.3) is 16.8 Å². The smallest absolute Gasteiger partial charge is 0.408 e. The number of nitrogens with one attached hydrogen (secondary N) is 3. The van der Waals surface area contributed by atoms with Crippen molar-refractivity contribution < 1.29 is 18.7 Å². The van der Waals surface area contributed by atoms with Gasteiger partial charge in [0.1, 0.15) is 11.8 Å². The predicted molar refractivity (Wildman–Crippen MR) is 131 cm³/mol. The van der Waals surface area contributed by atoms with E-state index in [1.54, 1.807) is 18.5 Å². The zero-order valence-electron chi connectivity index (χ0n) is 20.9. The van der Waals surface area contributed by atoms with Gasteiger partial charge >= 0.3 is 6.09 Å². The second kappa shape index (κ2) is 8.54. The Balaban J connectivity index is 1.19. The number of fused-ring (bicyclic) bond motifs is 1. The van der Waals surface area contributed by atoms with Crippen LogP contribution in [-0.2, 0) is 16.5 Å². The van der Waals surface area contributed by atoms with Crippen molar-refractivity contribution in [3.8, 4) is 11.1 Å². The molecule has 0 aromatic carbocycles. The van der Waals surface area contributed by atoms with E-state index in [0.29, 0.717) is 17.5 Å². The molecule has 1 saturated heterocycles. The summed E-state index contributed by atoms with van der Waals surface area (Å²) in [5.41, 5.74) is 4.55. The van der Waals surface area contributed by atoms with Crippen LogP contribution < -0.4 is 10.6 Å².